The molecule has 0 aromatic heterocycles. The van der Waals surface area contributed by atoms with Gasteiger partial charge >= 0.3 is 0 Å². The third-order valence-corrected chi connectivity index (χ3v) is 3.54. The molecule has 0 saturated heterocycles. The number of nitrogens with one attached hydrogen (secondary N) is 1. The molecule has 1 aliphatic rings. The Balaban J connectivity index is 2.02. The zero-order valence-corrected chi connectivity index (χ0v) is 10.7. The van der Waals surface area contributed by atoms with Gasteiger partial charge in [0.05, 0.1) is 0 Å². The van der Waals surface area contributed by atoms with Crippen molar-refractivity contribution in [2.45, 2.75) is 63.9 Å². The van der Waals surface area contributed by atoms with E-state index in [1.54, 1.807) is 0 Å². The van der Waals surface area contributed by atoms with Gasteiger partial charge in [-0.1, -0.05) is 32.1 Å². The Morgan fingerprint density at radius 2 is 1.94 bits per heavy atom. The first-order valence-corrected chi connectivity index (χ1v) is 6.82. The molecule has 106 valence electrons. The van der Waals surface area contributed by atoms with E-state index in [9.17, 15) is 13.6 Å². The quantitative estimate of drug-likeness (QED) is 0.741. The van der Waals surface area contributed by atoms with Crippen molar-refractivity contribution in [3.8, 4) is 0 Å². The molecule has 0 aromatic carbocycles. The van der Waals surface area contributed by atoms with Gasteiger partial charge in [-0.25, -0.2) is 8.78 Å². The molecule has 18 heavy (non-hydrogen) atoms. The second-order valence-corrected chi connectivity index (χ2v) is 5.10. The molecule has 1 fully saturated rings. The van der Waals surface area contributed by atoms with Crippen LogP contribution in [-0.4, -0.2) is 30.1 Å². The lowest BCUT2D eigenvalue weighted by Crippen LogP contribution is -2.35. The minimum atomic E-state index is -2.80. The Bertz CT molecular complexity index is 243. The number of amides is 1. The van der Waals surface area contributed by atoms with Crippen molar-refractivity contribution in [1.29, 1.82) is 0 Å². The number of carbonyl (C=O) groups excluding carboxylic acids is 1. The third-order valence-electron chi connectivity index (χ3n) is 3.54. The van der Waals surface area contributed by atoms with Crippen molar-refractivity contribution in [1.82, 2.24) is 5.32 Å². The summed E-state index contributed by atoms with van der Waals surface area (Å²) >= 11 is 0. The van der Waals surface area contributed by atoms with Crippen LogP contribution in [0.1, 0.15) is 51.4 Å². The summed E-state index contributed by atoms with van der Waals surface area (Å²) in [5, 5.41) is 11.2. The van der Waals surface area contributed by atoms with Crippen LogP contribution in [0.2, 0.25) is 0 Å². The van der Waals surface area contributed by atoms with Crippen LogP contribution >= 0.6 is 0 Å². The number of hydrogen-bond donors (Lipinski definition) is 2. The molecule has 0 spiro atoms. The van der Waals surface area contributed by atoms with E-state index in [4.69, 9.17) is 5.11 Å². The number of carbonyl (C=O) groups is 1. The molecular formula is C13H23F2NO2. The zero-order chi connectivity index (χ0) is 13.4. The first-order valence-electron chi connectivity index (χ1n) is 6.82. The van der Waals surface area contributed by atoms with Gasteiger partial charge in [-0.15, -0.1) is 0 Å². The first kappa shape index (κ1) is 15.3. The summed E-state index contributed by atoms with van der Waals surface area (Å²) in [6.07, 6.45) is 4.08. The van der Waals surface area contributed by atoms with Crippen LogP contribution in [0.4, 0.5) is 8.78 Å². The SMILES string of the molecule is O=C(CCCC1CCCCC1)NCC(O)C(F)F. The maximum absolute atomic E-state index is 12.0. The van der Waals surface area contributed by atoms with E-state index >= 15 is 0 Å². The minimum Gasteiger partial charge on any atom is -0.385 e. The highest BCUT2D eigenvalue weighted by atomic mass is 19.3. The molecule has 0 bridgehead atoms. The van der Waals surface area contributed by atoms with Gasteiger partial charge in [-0.2, -0.15) is 0 Å². The molecule has 0 radical (unpaired) electrons. The van der Waals surface area contributed by atoms with Gasteiger partial charge in [0.25, 0.3) is 6.43 Å². The monoisotopic (exact) mass is 263 g/mol. The molecule has 2 N–H and O–H groups in total. The summed E-state index contributed by atoms with van der Waals surface area (Å²) in [6, 6.07) is 0. The van der Waals surface area contributed by atoms with Gasteiger partial charge in [0.1, 0.15) is 6.10 Å². The Hall–Kier alpha value is -0.710. The maximum atomic E-state index is 12.0. The molecule has 1 rings (SSSR count). The van der Waals surface area contributed by atoms with Crippen LogP contribution in [0, 0.1) is 5.92 Å². The van der Waals surface area contributed by atoms with Crippen LogP contribution in [0.25, 0.3) is 0 Å². The highest BCUT2D eigenvalue weighted by Gasteiger charge is 2.17. The second kappa shape index (κ2) is 8.40. The third kappa shape index (κ3) is 6.28. The van der Waals surface area contributed by atoms with Gasteiger partial charge in [0, 0.05) is 13.0 Å². The molecule has 1 saturated carbocycles. The van der Waals surface area contributed by atoms with Crippen LogP contribution < -0.4 is 5.32 Å². The smallest absolute Gasteiger partial charge is 0.265 e. The topological polar surface area (TPSA) is 49.3 Å². The van der Waals surface area contributed by atoms with Gasteiger partial charge in [0.2, 0.25) is 5.91 Å². The molecule has 1 amide bonds. The van der Waals surface area contributed by atoms with Gasteiger partial charge < -0.3 is 10.4 Å². The zero-order valence-electron chi connectivity index (χ0n) is 10.7. The Kier molecular flexibility index (Phi) is 7.16. The van der Waals surface area contributed by atoms with Crippen molar-refractivity contribution >= 4 is 5.91 Å². The maximum Gasteiger partial charge on any atom is 0.265 e. The van der Waals surface area contributed by atoms with Gasteiger partial charge in [-0.05, 0) is 18.8 Å². The summed E-state index contributed by atoms with van der Waals surface area (Å²) in [5.41, 5.74) is 0. The summed E-state index contributed by atoms with van der Waals surface area (Å²) in [6.45, 7) is -0.361. The van der Waals surface area contributed by atoms with Gasteiger partial charge in [0.15, 0.2) is 0 Å². The molecule has 1 unspecified atom stereocenters. The molecule has 0 aromatic rings. The predicted molar refractivity (Wildman–Crippen MR) is 65.4 cm³/mol. The number of aliphatic hydroxyl groups is 1. The molecule has 0 aliphatic heterocycles. The van der Waals surface area contributed by atoms with Crippen molar-refractivity contribution < 1.29 is 18.7 Å². The molecule has 1 aliphatic carbocycles. The highest BCUT2D eigenvalue weighted by Crippen LogP contribution is 2.27. The number of rotatable bonds is 7. The number of hydrogen-bond acceptors (Lipinski definition) is 2. The largest absolute Gasteiger partial charge is 0.385 e. The van der Waals surface area contributed by atoms with E-state index in [-0.39, 0.29) is 12.5 Å². The fourth-order valence-corrected chi connectivity index (χ4v) is 2.42. The molecular weight excluding hydrogens is 240 g/mol. The summed E-state index contributed by atoms with van der Waals surface area (Å²) < 4.78 is 23.9. The van der Waals surface area contributed by atoms with E-state index in [1.165, 1.54) is 32.1 Å². The number of halogens is 2. The fraction of sp³-hybridized carbons (Fsp3) is 0.923. The Labute approximate surface area is 107 Å². The average molecular weight is 263 g/mol. The van der Waals surface area contributed by atoms with Crippen LogP contribution in [-0.2, 0) is 4.79 Å². The number of alkyl halides is 2. The van der Waals surface area contributed by atoms with Crippen molar-refractivity contribution in [3.05, 3.63) is 0 Å². The number of aliphatic hydroxyl groups excluding tert-OH is 1. The molecule has 5 heteroatoms. The summed E-state index contributed by atoms with van der Waals surface area (Å²) in [5.74, 6) is 0.490. The van der Waals surface area contributed by atoms with Crippen molar-refractivity contribution in [2.75, 3.05) is 6.54 Å². The van der Waals surface area contributed by atoms with Crippen LogP contribution in [0.5, 0.6) is 0 Å². The minimum absolute atomic E-state index is 0.245. The fourth-order valence-electron chi connectivity index (χ4n) is 2.42. The molecule has 3 nitrogen and oxygen atoms in total. The van der Waals surface area contributed by atoms with Crippen molar-refractivity contribution in [3.63, 3.8) is 0 Å². The first-order chi connectivity index (χ1) is 8.59. The van der Waals surface area contributed by atoms with E-state index in [1.807, 2.05) is 0 Å². The lowest BCUT2D eigenvalue weighted by molar-refractivity contribution is -0.122. The van der Waals surface area contributed by atoms with Gasteiger partial charge in [-0.3, -0.25) is 4.79 Å². The van der Waals surface area contributed by atoms with E-state index in [0.29, 0.717) is 6.42 Å². The Morgan fingerprint density at radius 1 is 1.28 bits per heavy atom. The Morgan fingerprint density at radius 3 is 2.56 bits per heavy atom. The summed E-state index contributed by atoms with van der Waals surface area (Å²) in [4.78, 5) is 11.3. The van der Waals surface area contributed by atoms with E-state index in [2.05, 4.69) is 5.32 Å². The predicted octanol–water partition coefficient (Wildman–Crippen LogP) is 2.48. The van der Waals surface area contributed by atoms with Crippen LogP contribution in [0.15, 0.2) is 0 Å². The molecule has 1 atom stereocenters. The standard InChI is InChI=1S/C13H23F2NO2/c14-13(15)11(17)9-16-12(18)8-4-7-10-5-2-1-3-6-10/h10-11,13,17H,1-9H2,(H,16,18). The van der Waals surface area contributed by atoms with E-state index < -0.39 is 12.5 Å². The lowest BCUT2D eigenvalue weighted by atomic mass is 9.86. The molecule has 0 heterocycles. The summed E-state index contributed by atoms with van der Waals surface area (Å²) in [7, 11) is 0. The van der Waals surface area contributed by atoms with E-state index in [0.717, 1.165) is 18.8 Å². The normalized spacial score (nSPS) is 18.9. The lowest BCUT2D eigenvalue weighted by Gasteiger charge is -2.21. The van der Waals surface area contributed by atoms with Crippen molar-refractivity contribution in [2.24, 2.45) is 5.92 Å². The van der Waals surface area contributed by atoms with Crippen LogP contribution in [0.3, 0.4) is 0 Å². The highest BCUT2D eigenvalue weighted by molar-refractivity contribution is 5.75. The second-order valence-electron chi connectivity index (χ2n) is 5.10. The average Bonchev–Trinajstić information content (AvgIpc) is 2.37.